The minimum absolute atomic E-state index is 0.0925. The highest BCUT2D eigenvalue weighted by Gasteiger charge is 2.20. The average molecular weight is 490 g/mol. The first kappa shape index (κ1) is 23.3. The number of hydrazine groups is 1. The van der Waals surface area contributed by atoms with Gasteiger partial charge in [-0.2, -0.15) is 15.0 Å². The number of aryl methyl sites for hydroxylation is 2. The maximum atomic E-state index is 12.7. The van der Waals surface area contributed by atoms with Crippen LogP contribution >= 0.6 is 22.9 Å². The number of hydrogen-bond donors (Lipinski definition) is 4. The zero-order valence-electron chi connectivity index (χ0n) is 18.2. The number of aliphatic hydroxyl groups is 1. The molecule has 1 fully saturated rings. The number of nitrogens with one attached hydrogen (secondary N) is 3. The largest absolute Gasteiger partial charge is 0.380 e. The standard InChI is InChI=1S/C20H24ClN9O2S/c1-12-4-3-5-14(21)16(12)26-17(32)15-10-22-20(33-15)28-18-24-13(2)25-19(27-18)29-6-8-30(9-7-29)23-11-31/h3-5,10,23,31H,6-9,11H2,1-2H3,(H,26,32)(H,22,24,25,27,28). The molecule has 11 nitrogen and oxygen atoms in total. The molecular weight excluding hydrogens is 466 g/mol. The third-order valence-electron chi connectivity index (χ3n) is 5.00. The number of rotatable bonds is 7. The van der Waals surface area contributed by atoms with Crippen LogP contribution in [0.1, 0.15) is 21.1 Å². The molecule has 2 aromatic heterocycles. The molecule has 0 saturated carbocycles. The molecule has 0 radical (unpaired) electrons. The van der Waals surface area contributed by atoms with Gasteiger partial charge in [0.25, 0.3) is 5.91 Å². The average Bonchev–Trinajstić information content (AvgIpc) is 3.25. The molecule has 3 aromatic rings. The van der Waals surface area contributed by atoms with Gasteiger partial charge >= 0.3 is 0 Å². The van der Waals surface area contributed by atoms with Gasteiger partial charge in [-0.1, -0.05) is 35.1 Å². The van der Waals surface area contributed by atoms with E-state index in [1.165, 1.54) is 17.5 Å². The molecule has 1 aliphatic heterocycles. The molecular formula is C20H24ClN9O2S. The van der Waals surface area contributed by atoms with E-state index < -0.39 is 0 Å². The second kappa shape index (κ2) is 10.4. The Kier molecular flexibility index (Phi) is 7.30. The van der Waals surface area contributed by atoms with Gasteiger partial charge in [0.05, 0.1) is 16.9 Å². The molecule has 0 unspecified atom stereocenters. The van der Waals surface area contributed by atoms with Gasteiger partial charge in [-0.05, 0) is 25.5 Å². The van der Waals surface area contributed by atoms with Crippen LogP contribution in [0.5, 0.6) is 0 Å². The van der Waals surface area contributed by atoms with Crippen molar-refractivity contribution in [3.8, 4) is 0 Å². The summed E-state index contributed by atoms with van der Waals surface area (Å²) in [6, 6.07) is 5.44. The van der Waals surface area contributed by atoms with Crippen molar-refractivity contribution in [2.45, 2.75) is 13.8 Å². The molecule has 1 aromatic carbocycles. The van der Waals surface area contributed by atoms with E-state index in [1.54, 1.807) is 13.0 Å². The Morgan fingerprint density at radius 3 is 2.70 bits per heavy atom. The lowest BCUT2D eigenvalue weighted by Gasteiger charge is -2.34. The van der Waals surface area contributed by atoms with Crippen molar-refractivity contribution < 1.29 is 9.90 Å². The summed E-state index contributed by atoms with van der Waals surface area (Å²) >= 11 is 7.40. The van der Waals surface area contributed by atoms with Crippen molar-refractivity contribution >= 4 is 51.6 Å². The van der Waals surface area contributed by atoms with Gasteiger partial charge in [-0.25, -0.2) is 15.4 Å². The third-order valence-corrected chi connectivity index (χ3v) is 6.23. The van der Waals surface area contributed by atoms with Crippen molar-refractivity contribution in [1.29, 1.82) is 0 Å². The molecule has 4 N–H and O–H groups in total. The highest BCUT2D eigenvalue weighted by Crippen LogP contribution is 2.28. The number of amides is 1. The fraction of sp³-hybridized carbons (Fsp3) is 0.350. The van der Waals surface area contributed by atoms with Crippen LogP contribution in [0.25, 0.3) is 0 Å². The molecule has 0 aliphatic carbocycles. The number of benzene rings is 1. The Morgan fingerprint density at radius 2 is 1.97 bits per heavy atom. The molecule has 0 spiro atoms. The van der Waals surface area contributed by atoms with E-state index in [4.69, 9.17) is 16.7 Å². The van der Waals surface area contributed by atoms with Crippen LogP contribution in [0.2, 0.25) is 5.02 Å². The number of piperazine rings is 1. The predicted octanol–water partition coefficient (Wildman–Crippen LogP) is 2.17. The van der Waals surface area contributed by atoms with Crippen molar-refractivity contribution in [2.75, 3.05) is 48.4 Å². The minimum Gasteiger partial charge on any atom is -0.380 e. The maximum absolute atomic E-state index is 12.7. The lowest BCUT2D eigenvalue weighted by molar-refractivity contribution is 0.102. The van der Waals surface area contributed by atoms with E-state index in [-0.39, 0.29) is 12.6 Å². The highest BCUT2D eigenvalue weighted by molar-refractivity contribution is 7.17. The lowest BCUT2D eigenvalue weighted by Crippen LogP contribution is -2.52. The van der Waals surface area contributed by atoms with Gasteiger partial charge in [0.2, 0.25) is 11.9 Å². The molecule has 1 saturated heterocycles. The molecule has 1 aliphatic rings. The first-order valence-corrected chi connectivity index (χ1v) is 11.5. The minimum atomic E-state index is -0.293. The number of aliphatic hydroxyl groups excluding tert-OH is 1. The molecule has 0 atom stereocenters. The van der Waals surface area contributed by atoms with Gasteiger partial charge in [-0.15, -0.1) is 0 Å². The molecule has 174 valence electrons. The summed E-state index contributed by atoms with van der Waals surface area (Å²) < 4.78 is 0. The summed E-state index contributed by atoms with van der Waals surface area (Å²) in [5.41, 5.74) is 4.35. The van der Waals surface area contributed by atoms with Gasteiger partial charge < -0.3 is 15.3 Å². The number of nitrogens with zero attached hydrogens (tertiary/aromatic N) is 6. The Hall–Kier alpha value is -2.90. The smallest absolute Gasteiger partial charge is 0.267 e. The van der Waals surface area contributed by atoms with Gasteiger partial charge in [0.15, 0.2) is 5.13 Å². The van der Waals surface area contributed by atoms with Crippen LogP contribution in [0.3, 0.4) is 0 Å². The van der Waals surface area contributed by atoms with E-state index in [0.29, 0.717) is 51.5 Å². The summed E-state index contributed by atoms with van der Waals surface area (Å²) in [4.78, 5) is 32.8. The van der Waals surface area contributed by atoms with E-state index in [9.17, 15) is 4.79 Å². The Labute approximate surface area is 199 Å². The van der Waals surface area contributed by atoms with E-state index in [2.05, 4.69) is 40.9 Å². The number of hydrogen-bond acceptors (Lipinski definition) is 11. The van der Waals surface area contributed by atoms with Gasteiger partial charge in [0.1, 0.15) is 17.4 Å². The van der Waals surface area contributed by atoms with E-state index >= 15 is 0 Å². The zero-order chi connectivity index (χ0) is 23.4. The van der Waals surface area contributed by atoms with Gasteiger partial charge in [-0.3, -0.25) is 10.1 Å². The van der Waals surface area contributed by atoms with Crippen molar-refractivity contribution in [3.63, 3.8) is 0 Å². The van der Waals surface area contributed by atoms with Crippen molar-refractivity contribution in [2.24, 2.45) is 0 Å². The summed E-state index contributed by atoms with van der Waals surface area (Å²) in [6.07, 6.45) is 1.50. The monoisotopic (exact) mass is 489 g/mol. The molecule has 33 heavy (non-hydrogen) atoms. The second-order valence-corrected chi connectivity index (χ2v) is 8.77. The van der Waals surface area contributed by atoms with Crippen LogP contribution < -0.4 is 21.0 Å². The molecule has 1 amide bonds. The zero-order valence-corrected chi connectivity index (χ0v) is 19.7. The van der Waals surface area contributed by atoms with Crippen LogP contribution in [-0.2, 0) is 0 Å². The summed E-state index contributed by atoms with van der Waals surface area (Å²) in [6.45, 7) is 6.45. The normalized spacial score (nSPS) is 14.4. The highest BCUT2D eigenvalue weighted by atomic mass is 35.5. The number of carbonyl (C=O) groups excluding carboxylic acids is 1. The van der Waals surface area contributed by atoms with Crippen molar-refractivity contribution in [1.82, 2.24) is 30.4 Å². The number of thiazole rings is 1. The van der Waals surface area contributed by atoms with Gasteiger partial charge in [0, 0.05) is 26.2 Å². The Balaban J connectivity index is 1.43. The number of carbonyl (C=O) groups is 1. The van der Waals surface area contributed by atoms with Crippen LogP contribution in [0.4, 0.5) is 22.7 Å². The number of aromatic nitrogens is 4. The third kappa shape index (κ3) is 5.72. The second-order valence-electron chi connectivity index (χ2n) is 7.34. The molecule has 0 bridgehead atoms. The predicted molar refractivity (Wildman–Crippen MR) is 128 cm³/mol. The van der Waals surface area contributed by atoms with E-state index in [0.717, 1.165) is 18.7 Å². The number of anilines is 4. The van der Waals surface area contributed by atoms with Crippen LogP contribution in [0.15, 0.2) is 24.4 Å². The van der Waals surface area contributed by atoms with E-state index in [1.807, 2.05) is 24.1 Å². The summed E-state index contributed by atoms with van der Waals surface area (Å²) in [7, 11) is 0. The topological polar surface area (TPSA) is 131 Å². The van der Waals surface area contributed by atoms with Crippen LogP contribution in [-0.4, -0.2) is 68.9 Å². The first-order chi connectivity index (χ1) is 15.9. The quantitative estimate of drug-likeness (QED) is 0.366. The molecule has 13 heteroatoms. The van der Waals surface area contributed by atoms with Crippen molar-refractivity contribution in [3.05, 3.63) is 45.7 Å². The molecule has 4 rings (SSSR count). The Morgan fingerprint density at radius 1 is 1.18 bits per heavy atom. The lowest BCUT2D eigenvalue weighted by atomic mass is 10.2. The summed E-state index contributed by atoms with van der Waals surface area (Å²) in [5.74, 6) is 1.20. The SMILES string of the molecule is Cc1nc(Nc2ncc(C(=O)Nc3c(C)cccc3Cl)s2)nc(N2CCN(NCO)CC2)n1. The van der Waals surface area contributed by atoms with Crippen LogP contribution in [0, 0.1) is 13.8 Å². The maximum Gasteiger partial charge on any atom is 0.267 e. The number of para-hydroxylation sites is 1. The number of halogens is 1. The first-order valence-electron chi connectivity index (χ1n) is 10.3. The Bertz CT molecular complexity index is 1110. The fourth-order valence-electron chi connectivity index (χ4n) is 3.33. The fourth-order valence-corrected chi connectivity index (χ4v) is 4.30. The molecule has 3 heterocycles. The summed E-state index contributed by atoms with van der Waals surface area (Å²) in [5, 5.41) is 17.8.